The molecule has 1 aromatic carbocycles. The highest BCUT2D eigenvalue weighted by molar-refractivity contribution is 5.75. The number of benzene rings is 1. The van der Waals surface area contributed by atoms with Crippen LogP contribution in [0.2, 0.25) is 0 Å². The van der Waals surface area contributed by atoms with E-state index in [2.05, 4.69) is 10.6 Å². The van der Waals surface area contributed by atoms with Gasteiger partial charge in [-0.1, -0.05) is 12.1 Å². The van der Waals surface area contributed by atoms with Gasteiger partial charge in [0.15, 0.2) is 0 Å². The molecule has 0 spiro atoms. The highest BCUT2D eigenvalue weighted by Gasteiger charge is 2.45. The van der Waals surface area contributed by atoms with E-state index in [4.69, 9.17) is 10.5 Å². The Bertz CT molecular complexity index is 476. The molecule has 1 atom stereocenters. The minimum atomic E-state index is -0.200. The molecule has 1 saturated heterocycles. The molecule has 1 heterocycles. The van der Waals surface area contributed by atoms with Gasteiger partial charge >= 0.3 is 6.03 Å². The monoisotopic (exact) mass is 275 g/mol. The van der Waals surface area contributed by atoms with Crippen LogP contribution in [0.1, 0.15) is 31.2 Å². The summed E-state index contributed by atoms with van der Waals surface area (Å²) in [4.78, 5) is 12.0. The molecule has 20 heavy (non-hydrogen) atoms. The maximum atomic E-state index is 12.0. The number of rotatable bonds is 4. The first-order valence-electron chi connectivity index (χ1n) is 7.22. The van der Waals surface area contributed by atoms with Crippen LogP contribution in [0.5, 0.6) is 0 Å². The highest BCUT2D eigenvalue weighted by atomic mass is 16.5. The molecular weight excluding hydrogens is 254 g/mol. The van der Waals surface area contributed by atoms with E-state index in [1.54, 1.807) is 0 Å². The summed E-state index contributed by atoms with van der Waals surface area (Å²) < 4.78 is 5.49. The number of ether oxygens (including phenoxy) is 1. The number of carbonyl (C=O) groups excluding carboxylic acids is 1. The van der Waals surface area contributed by atoms with Crippen molar-refractivity contribution in [2.75, 3.05) is 18.9 Å². The summed E-state index contributed by atoms with van der Waals surface area (Å²) >= 11 is 0. The van der Waals surface area contributed by atoms with Crippen molar-refractivity contribution in [3.63, 3.8) is 0 Å². The standard InChI is InChI=1S/C15H21N3O2/c16-12-5-3-11(4-6-12)15(7-8-15)18-14(19)17-10-13-2-1-9-20-13/h3-6,13H,1-2,7-10,16H2,(H2,17,18,19). The van der Waals surface area contributed by atoms with Gasteiger partial charge in [-0.3, -0.25) is 0 Å². The van der Waals surface area contributed by atoms with Gasteiger partial charge < -0.3 is 21.1 Å². The van der Waals surface area contributed by atoms with Crippen LogP contribution in [-0.4, -0.2) is 25.3 Å². The summed E-state index contributed by atoms with van der Waals surface area (Å²) in [6.07, 6.45) is 4.24. The Balaban J connectivity index is 1.53. The molecule has 1 aromatic rings. The molecule has 0 aromatic heterocycles. The maximum Gasteiger partial charge on any atom is 0.315 e. The zero-order chi connectivity index (χ0) is 14.0. The van der Waals surface area contributed by atoms with Gasteiger partial charge in [-0.2, -0.15) is 0 Å². The van der Waals surface area contributed by atoms with Crippen molar-refractivity contribution >= 4 is 11.7 Å². The van der Waals surface area contributed by atoms with Crippen molar-refractivity contribution in [3.8, 4) is 0 Å². The fourth-order valence-corrected chi connectivity index (χ4v) is 2.69. The third-order valence-corrected chi connectivity index (χ3v) is 4.08. The van der Waals surface area contributed by atoms with Crippen molar-refractivity contribution in [3.05, 3.63) is 29.8 Å². The average Bonchev–Trinajstić information content (AvgIpc) is 3.03. The van der Waals surface area contributed by atoms with Crippen molar-refractivity contribution in [2.24, 2.45) is 0 Å². The number of nitrogens with one attached hydrogen (secondary N) is 2. The number of nitrogen functional groups attached to an aromatic ring is 1. The van der Waals surface area contributed by atoms with Crippen LogP contribution < -0.4 is 16.4 Å². The SMILES string of the molecule is Nc1ccc(C2(NC(=O)NCC3CCCO3)CC2)cc1. The van der Waals surface area contributed by atoms with Crippen molar-refractivity contribution in [2.45, 2.75) is 37.3 Å². The molecule has 1 unspecified atom stereocenters. The first-order valence-corrected chi connectivity index (χ1v) is 7.22. The number of carbonyl (C=O) groups is 1. The van der Waals surface area contributed by atoms with Crippen LogP contribution in [0, 0.1) is 0 Å². The lowest BCUT2D eigenvalue weighted by molar-refractivity contribution is 0.111. The second-order valence-electron chi connectivity index (χ2n) is 5.67. The fraction of sp³-hybridized carbons (Fsp3) is 0.533. The second kappa shape index (κ2) is 5.32. The summed E-state index contributed by atoms with van der Waals surface area (Å²) in [7, 11) is 0. The van der Waals surface area contributed by atoms with E-state index in [1.165, 1.54) is 0 Å². The Morgan fingerprint density at radius 2 is 2.10 bits per heavy atom. The van der Waals surface area contributed by atoms with E-state index in [0.717, 1.165) is 43.5 Å². The number of urea groups is 1. The zero-order valence-corrected chi connectivity index (χ0v) is 11.5. The second-order valence-corrected chi connectivity index (χ2v) is 5.67. The minimum Gasteiger partial charge on any atom is -0.399 e. The summed E-state index contributed by atoms with van der Waals surface area (Å²) in [5.41, 5.74) is 7.36. The van der Waals surface area contributed by atoms with E-state index in [0.29, 0.717) is 6.54 Å². The first kappa shape index (κ1) is 13.2. The lowest BCUT2D eigenvalue weighted by Gasteiger charge is -2.19. The molecule has 4 N–H and O–H groups in total. The molecule has 5 nitrogen and oxygen atoms in total. The van der Waals surface area contributed by atoms with Gasteiger partial charge in [-0.25, -0.2) is 4.79 Å². The number of hydrogen-bond acceptors (Lipinski definition) is 3. The Morgan fingerprint density at radius 3 is 2.70 bits per heavy atom. The predicted molar refractivity (Wildman–Crippen MR) is 77.3 cm³/mol. The number of anilines is 1. The molecular formula is C15H21N3O2. The van der Waals surface area contributed by atoms with Gasteiger partial charge in [-0.15, -0.1) is 0 Å². The summed E-state index contributed by atoms with van der Waals surface area (Å²) in [5, 5.41) is 5.98. The number of amides is 2. The fourth-order valence-electron chi connectivity index (χ4n) is 2.69. The molecule has 1 aliphatic carbocycles. The highest BCUT2D eigenvalue weighted by Crippen LogP contribution is 2.45. The van der Waals surface area contributed by atoms with Crippen molar-refractivity contribution in [1.82, 2.24) is 10.6 Å². The third-order valence-electron chi connectivity index (χ3n) is 4.08. The molecule has 5 heteroatoms. The number of nitrogens with two attached hydrogens (primary N) is 1. The van der Waals surface area contributed by atoms with Gasteiger partial charge in [0.1, 0.15) is 0 Å². The Kier molecular flexibility index (Phi) is 3.53. The van der Waals surface area contributed by atoms with E-state index < -0.39 is 0 Å². The van der Waals surface area contributed by atoms with Crippen LogP contribution in [0.4, 0.5) is 10.5 Å². The quantitative estimate of drug-likeness (QED) is 0.732. The summed E-state index contributed by atoms with van der Waals surface area (Å²) in [5.74, 6) is 0. The Morgan fingerprint density at radius 1 is 1.35 bits per heavy atom. The topological polar surface area (TPSA) is 76.4 Å². The van der Waals surface area contributed by atoms with Gasteiger partial charge in [0, 0.05) is 18.8 Å². The number of hydrogen-bond donors (Lipinski definition) is 3. The van der Waals surface area contributed by atoms with Gasteiger partial charge in [0.2, 0.25) is 0 Å². The first-order chi connectivity index (χ1) is 9.68. The van der Waals surface area contributed by atoms with E-state index in [1.807, 2.05) is 24.3 Å². The molecule has 1 saturated carbocycles. The van der Waals surface area contributed by atoms with Crippen LogP contribution in [0.15, 0.2) is 24.3 Å². The normalized spacial score (nSPS) is 23.3. The van der Waals surface area contributed by atoms with Gasteiger partial charge in [0.25, 0.3) is 0 Å². The van der Waals surface area contributed by atoms with Crippen LogP contribution in [0.25, 0.3) is 0 Å². The van der Waals surface area contributed by atoms with Crippen molar-refractivity contribution in [1.29, 1.82) is 0 Å². The van der Waals surface area contributed by atoms with Crippen molar-refractivity contribution < 1.29 is 9.53 Å². The lowest BCUT2D eigenvalue weighted by atomic mass is 10.0. The molecule has 2 amide bonds. The zero-order valence-electron chi connectivity index (χ0n) is 11.5. The smallest absolute Gasteiger partial charge is 0.315 e. The maximum absolute atomic E-state index is 12.0. The largest absolute Gasteiger partial charge is 0.399 e. The van der Waals surface area contributed by atoms with Crippen LogP contribution in [0.3, 0.4) is 0 Å². The Hall–Kier alpha value is -1.75. The molecule has 2 aliphatic rings. The van der Waals surface area contributed by atoms with Gasteiger partial charge in [0.05, 0.1) is 11.6 Å². The van der Waals surface area contributed by atoms with Gasteiger partial charge in [-0.05, 0) is 43.4 Å². The predicted octanol–water partition coefficient (Wildman–Crippen LogP) is 1.74. The lowest BCUT2D eigenvalue weighted by Crippen LogP contribution is -2.44. The van der Waals surface area contributed by atoms with Crippen LogP contribution >= 0.6 is 0 Å². The summed E-state index contributed by atoms with van der Waals surface area (Å²) in [6, 6.07) is 7.61. The average molecular weight is 275 g/mol. The molecule has 2 fully saturated rings. The molecule has 108 valence electrons. The Labute approximate surface area is 118 Å². The molecule has 0 radical (unpaired) electrons. The van der Waals surface area contributed by atoms with E-state index in [9.17, 15) is 4.79 Å². The summed E-state index contributed by atoms with van der Waals surface area (Å²) in [6.45, 7) is 1.40. The molecule has 0 bridgehead atoms. The van der Waals surface area contributed by atoms with Crippen LogP contribution in [-0.2, 0) is 10.3 Å². The van der Waals surface area contributed by atoms with E-state index in [-0.39, 0.29) is 17.7 Å². The molecule has 1 aliphatic heterocycles. The minimum absolute atomic E-state index is 0.116. The molecule has 3 rings (SSSR count). The van der Waals surface area contributed by atoms with E-state index >= 15 is 0 Å². The third kappa shape index (κ3) is 2.88.